The van der Waals surface area contributed by atoms with Crippen LogP contribution in [0.5, 0.6) is 5.75 Å². The Morgan fingerprint density at radius 2 is 1.84 bits per heavy atom. The molecule has 31 heavy (non-hydrogen) atoms. The van der Waals surface area contributed by atoms with Gasteiger partial charge in [0.15, 0.2) is 5.82 Å². The van der Waals surface area contributed by atoms with Crippen molar-refractivity contribution in [1.82, 2.24) is 14.6 Å². The van der Waals surface area contributed by atoms with E-state index in [1.54, 1.807) is 11.3 Å². The number of thiazole rings is 1. The van der Waals surface area contributed by atoms with Crippen molar-refractivity contribution in [3.63, 3.8) is 0 Å². The molecule has 0 spiro atoms. The SMILES string of the molecule is O=c1/c(=C\C2=Cc3ccccc3OC2c2ccccc2)sc2nc(-c3cccs3)nn12. The summed E-state index contributed by atoms with van der Waals surface area (Å²) >= 11 is 2.90. The number of nitrogens with zero attached hydrogens (tertiary/aromatic N) is 3. The third-order valence-electron chi connectivity index (χ3n) is 5.11. The van der Waals surface area contributed by atoms with Crippen LogP contribution in [-0.2, 0) is 0 Å². The molecule has 6 rings (SSSR count). The van der Waals surface area contributed by atoms with Crippen LogP contribution in [0.25, 0.3) is 27.8 Å². The van der Waals surface area contributed by atoms with Crippen LogP contribution in [0.2, 0.25) is 0 Å². The Morgan fingerprint density at radius 1 is 1.00 bits per heavy atom. The van der Waals surface area contributed by atoms with Crippen LogP contribution in [0, 0.1) is 0 Å². The predicted molar refractivity (Wildman–Crippen MR) is 124 cm³/mol. The lowest BCUT2D eigenvalue weighted by Gasteiger charge is -2.26. The number of rotatable bonds is 3. The molecule has 150 valence electrons. The summed E-state index contributed by atoms with van der Waals surface area (Å²) in [6.45, 7) is 0. The van der Waals surface area contributed by atoms with Gasteiger partial charge < -0.3 is 4.74 Å². The molecule has 0 N–H and O–H groups in total. The third-order valence-corrected chi connectivity index (χ3v) is 6.94. The second kappa shape index (κ2) is 7.30. The summed E-state index contributed by atoms with van der Waals surface area (Å²) in [5, 5.41) is 6.40. The van der Waals surface area contributed by atoms with E-state index in [2.05, 4.69) is 16.2 Å². The average Bonchev–Trinajstić information content (AvgIpc) is 3.53. The molecular weight excluding hydrogens is 426 g/mol. The largest absolute Gasteiger partial charge is 0.480 e. The Labute approximate surface area is 185 Å². The van der Waals surface area contributed by atoms with Crippen molar-refractivity contribution in [1.29, 1.82) is 0 Å². The van der Waals surface area contributed by atoms with Crippen LogP contribution in [0.15, 0.2) is 82.5 Å². The first kappa shape index (κ1) is 18.2. The summed E-state index contributed by atoms with van der Waals surface area (Å²) in [7, 11) is 0. The average molecular weight is 442 g/mol. The van der Waals surface area contributed by atoms with Crippen molar-refractivity contribution < 1.29 is 4.74 Å². The summed E-state index contributed by atoms with van der Waals surface area (Å²) < 4.78 is 8.31. The molecule has 7 heteroatoms. The Morgan fingerprint density at radius 3 is 2.65 bits per heavy atom. The van der Waals surface area contributed by atoms with Crippen LogP contribution in [-0.4, -0.2) is 14.6 Å². The van der Waals surface area contributed by atoms with Crippen LogP contribution in [0.1, 0.15) is 17.2 Å². The van der Waals surface area contributed by atoms with Gasteiger partial charge in [-0.05, 0) is 40.8 Å². The van der Waals surface area contributed by atoms with Gasteiger partial charge in [-0.25, -0.2) is 0 Å². The van der Waals surface area contributed by atoms with Gasteiger partial charge in [0.05, 0.1) is 9.41 Å². The molecule has 5 nitrogen and oxygen atoms in total. The van der Waals surface area contributed by atoms with E-state index in [0.29, 0.717) is 15.3 Å². The molecule has 2 aromatic carbocycles. The summed E-state index contributed by atoms with van der Waals surface area (Å²) in [6, 6.07) is 21.9. The molecule has 1 atom stereocenters. The van der Waals surface area contributed by atoms with Gasteiger partial charge in [-0.2, -0.15) is 9.50 Å². The minimum atomic E-state index is -0.292. The van der Waals surface area contributed by atoms with Crippen LogP contribution >= 0.6 is 22.7 Å². The molecule has 1 unspecified atom stereocenters. The van der Waals surface area contributed by atoms with Crippen molar-refractivity contribution in [3.8, 4) is 16.5 Å². The number of fused-ring (bicyclic) bond motifs is 2. The quantitative estimate of drug-likeness (QED) is 0.411. The fourth-order valence-corrected chi connectivity index (χ4v) is 5.22. The van der Waals surface area contributed by atoms with Gasteiger partial charge in [0, 0.05) is 5.56 Å². The molecule has 0 bridgehead atoms. The monoisotopic (exact) mass is 441 g/mol. The molecule has 0 aliphatic carbocycles. The van der Waals surface area contributed by atoms with E-state index in [1.165, 1.54) is 15.9 Å². The first-order chi connectivity index (χ1) is 15.3. The van der Waals surface area contributed by atoms with Crippen molar-refractivity contribution >= 4 is 39.8 Å². The first-order valence-corrected chi connectivity index (χ1v) is 11.4. The number of para-hydroxylation sites is 1. The van der Waals surface area contributed by atoms with E-state index in [4.69, 9.17) is 4.74 Å². The van der Waals surface area contributed by atoms with E-state index >= 15 is 0 Å². The Bertz CT molecular complexity index is 1530. The normalized spacial score (nSPS) is 16.2. The van der Waals surface area contributed by atoms with Crippen molar-refractivity contribution in [3.05, 3.63) is 104 Å². The van der Waals surface area contributed by atoms with Crippen LogP contribution in [0.3, 0.4) is 0 Å². The molecule has 0 saturated carbocycles. The minimum Gasteiger partial charge on any atom is -0.480 e. The number of benzene rings is 2. The number of hydrogen-bond acceptors (Lipinski definition) is 6. The zero-order valence-corrected chi connectivity index (χ0v) is 17.8. The number of hydrogen-bond donors (Lipinski definition) is 0. The minimum absolute atomic E-state index is 0.165. The number of ether oxygens (including phenoxy) is 1. The fraction of sp³-hybridized carbons (Fsp3) is 0.0417. The topological polar surface area (TPSA) is 56.5 Å². The molecule has 0 radical (unpaired) electrons. The lowest BCUT2D eigenvalue weighted by Crippen LogP contribution is -2.25. The van der Waals surface area contributed by atoms with Gasteiger partial charge in [0.2, 0.25) is 4.96 Å². The molecule has 1 aliphatic rings. The van der Waals surface area contributed by atoms with Gasteiger partial charge in [-0.3, -0.25) is 4.79 Å². The molecular formula is C24H15N3O2S2. The van der Waals surface area contributed by atoms with E-state index in [-0.39, 0.29) is 11.7 Å². The number of thiophene rings is 1. The fourth-order valence-electron chi connectivity index (χ4n) is 3.66. The lowest BCUT2D eigenvalue weighted by molar-refractivity contribution is 0.244. The summed E-state index contributed by atoms with van der Waals surface area (Å²) in [4.78, 5) is 19.1. The summed E-state index contributed by atoms with van der Waals surface area (Å²) in [5.41, 5.74) is 2.78. The van der Waals surface area contributed by atoms with Crippen molar-refractivity contribution in [2.24, 2.45) is 0 Å². The van der Waals surface area contributed by atoms with Gasteiger partial charge in [-0.1, -0.05) is 65.9 Å². The maximum absolute atomic E-state index is 13.0. The maximum Gasteiger partial charge on any atom is 0.291 e. The zero-order chi connectivity index (χ0) is 20.8. The Balaban J connectivity index is 1.49. The molecule has 0 amide bonds. The van der Waals surface area contributed by atoms with E-state index in [0.717, 1.165) is 27.3 Å². The second-order valence-electron chi connectivity index (χ2n) is 7.11. The van der Waals surface area contributed by atoms with Crippen LogP contribution < -0.4 is 14.8 Å². The zero-order valence-electron chi connectivity index (χ0n) is 16.1. The Hall–Kier alpha value is -3.55. The highest BCUT2D eigenvalue weighted by Gasteiger charge is 2.23. The van der Waals surface area contributed by atoms with Crippen molar-refractivity contribution in [2.45, 2.75) is 6.10 Å². The van der Waals surface area contributed by atoms with Gasteiger partial charge in [0.1, 0.15) is 11.9 Å². The van der Waals surface area contributed by atoms with E-state index in [1.807, 2.05) is 78.2 Å². The highest BCUT2D eigenvalue weighted by atomic mass is 32.1. The van der Waals surface area contributed by atoms with Gasteiger partial charge in [0.25, 0.3) is 5.56 Å². The molecule has 1 aliphatic heterocycles. The van der Waals surface area contributed by atoms with Gasteiger partial charge >= 0.3 is 0 Å². The molecule has 3 aromatic heterocycles. The molecule has 0 fully saturated rings. The summed E-state index contributed by atoms with van der Waals surface area (Å²) in [5.74, 6) is 1.42. The first-order valence-electron chi connectivity index (χ1n) is 9.74. The van der Waals surface area contributed by atoms with Crippen LogP contribution in [0.4, 0.5) is 0 Å². The Kier molecular flexibility index (Phi) is 4.29. The standard InChI is InChI=1S/C24H15N3O2S2/c28-23-20(31-24-25-22(26-27(23)24)19-11-6-12-30-19)14-17-13-16-9-4-5-10-18(16)29-21(17)15-7-2-1-3-8-15/h1-14,21H/b20-14+. The maximum atomic E-state index is 13.0. The highest BCUT2D eigenvalue weighted by Crippen LogP contribution is 2.37. The molecule has 5 aromatic rings. The molecule has 4 heterocycles. The second-order valence-corrected chi connectivity index (χ2v) is 9.07. The molecule has 0 saturated heterocycles. The lowest BCUT2D eigenvalue weighted by atomic mass is 9.96. The van der Waals surface area contributed by atoms with E-state index in [9.17, 15) is 4.79 Å². The van der Waals surface area contributed by atoms with E-state index < -0.39 is 0 Å². The third kappa shape index (κ3) is 3.19. The summed E-state index contributed by atoms with van der Waals surface area (Å²) in [6.07, 6.45) is 3.70. The smallest absolute Gasteiger partial charge is 0.291 e. The predicted octanol–water partition coefficient (Wildman–Crippen LogP) is 4.60. The number of aromatic nitrogens is 3. The van der Waals surface area contributed by atoms with Gasteiger partial charge in [-0.15, -0.1) is 16.4 Å². The van der Waals surface area contributed by atoms with Crippen molar-refractivity contribution in [2.75, 3.05) is 0 Å². The highest BCUT2D eigenvalue weighted by molar-refractivity contribution is 7.15.